The van der Waals surface area contributed by atoms with Crippen molar-refractivity contribution in [1.82, 2.24) is 9.78 Å². The third-order valence-corrected chi connectivity index (χ3v) is 2.18. The Morgan fingerprint density at radius 3 is 2.71 bits per heavy atom. The van der Waals surface area contributed by atoms with Crippen LogP contribution in [0.1, 0.15) is 18.5 Å². The summed E-state index contributed by atoms with van der Waals surface area (Å²) in [7, 11) is 0. The third-order valence-electron chi connectivity index (χ3n) is 2.18. The van der Waals surface area contributed by atoms with Crippen molar-refractivity contribution in [3.63, 3.8) is 0 Å². The first kappa shape index (κ1) is 8.97. The van der Waals surface area contributed by atoms with Crippen LogP contribution in [0.4, 0.5) is 0 Å². The lowest BCUT2D eigenvalue weighted by Gasteiger charge is -2.11. The molecular weight excluding hydrogens is 174 g/mol. The van der Waals surface area contributed by atoms with E-state index in [1.807, 2.05) is 48.1 Å². The zero-order chi connectivity index (χ0) is 9.97. The highest BCUT2D eigenvalue weighted by molar-refractivity contribution is 5.41. The van der Waals surface area contributed by atoms with Crippen LogP contribution in [0.25, 0.3) is 5.69 Å². The molecule has 1 aromatic heterocycles. The van der Waals surface area contributed by atoms with Gasteiger partial charge in [-0.1, -0.05) is 18.2 Å². The minimum absolute atomic E-state index is 0.0235. The van der Waals surface area contributed by atoms with Gasteiger partial charge in [0.15, 0.2) is 0 Å². The van der Waals surface area contributed by atoms with Crippen molar-refractivity contribution in [2.45, 2.75) is 13.0 Å². The van der Waals surface area contributed by atoms with Crippen molar-refractivity contribution in [1.29, 1.82) is 0 Å². The van der Waals surface area contributed by atoms with Crippen LogP contribution in [0.2, 0.25) is 0 Å². The molecule has 1 aromatic carbocycles. The number of aromatic nitrogens is 2. The second kappa shape index (κ2) is 3.64. The first-order valence-electron chi connectivity index (χ1n) is 4.63. The molecular formula is C11H13N3. The SMILES string of the molecule is C[C@@H](N)c1ccccc1-n1cccn1. The Balaban J connectivity index is 2.53. The molecule has 2 N–H and O–H groups in total. The van der Waals surface area contributed by atoms with Crippen molar-refractivity contribution in [2.24, 2.45) is 5.73 Å². The summed E-state index contributed by atoms with van der Waals surface area (Å²) >= 11 is 0. The highest BCUT2D eigenvalue weighted by atomic mass is 15.3. The Morgan fingerprint density at radius 1 is 1.29 bits per heavy atom. The number of benzene rings is 1. The van der Waals surface area contributed by atoms with Gasteiger partial charge >= 0.3 is 0 Å². The first-order chi connectivity index (χ1) is 6.79. The van der Waals surface area contributed by atoms with E-state index in [0.717, 1.165) is 11.3 Å². The van der Waals surface area contributed by atoms with Crippen molar-refractivity contribution in [2.75, 3.05) is 0 Å². The summed E-state index contributed by atoms with van der Waals surface area (Å²) in [6.45, 7) is 1.97. The minimum atomic E-state index is 0.0235. The lowest BCUT2D eigenvalue weighted by Crippen LogP contribution is -2.09. The zero-order valence-electron chi connectivity index (χ0n) is 8.09. The molecule has 14 heavy (non-hydrogen) atoms. The standard InChI is InChI=1S/C11H13N3/c1-9(12)10-5-2-3-6-11(10)14-8-4-7-13-14/h2-9H,12H2,1H3/t9-/m1/s1. The number of nitrogens with two attached hydrogens (primary N) is 1. The Morgan fingerprint density at radius 2 is 2.07 bits per heavy atom. The average Bonchev–Trinajstić information content (AvgIpc) is 2.70. The van der Waals surface area contributed by atoms with E-state index in [1.54, 1.807) is 6.20 Å². The first-order valence-corrected chi connectivity index (χ1v) is 4.63. The molecule has 1 heterocycles. The van der Waals surface area contributed by atoms with Gasteiger partial charge in [-0.25, -0.2) is 4.68 Å². The van der Waals surface area contributed by atoms with Crippen molar-refractivity contribution in [3.05, 3.63) is 48.3 Å². The van der Waals surface area contributed by atoms with Gasteiger partial charge in [0.05, 0.1) is 5.69 Å². The topological polar surface area (TPSA) is 43.8 Å². The van der Waals surface area contributed by atoms with Gasteiger partial charge in [0.2, 0.25) is 0 Å². The summed E-state index contributed by atoms with van der Waals surface area (Å²) in [6, 6.07) is 9.95. The van der Waals surface area contributed by atoms with Gasteiger partial charge < -0.3 is 5.73 Å². The van der Waals surface area contributed by atoms with Gasteiger partial charge in [-0.3, -0.25) is 0 Å². The minimum Gasteiger partial charge on any atom is -0.324 e. The van der Waals surface area contributed by atoms with Gasteiger partial charge in [0.1, 0.15) is 0 Å². The monoisotopic (exact) mass is 187 g/mol. The van der Waals surface area contributed by atoms with Crippen LogP contribution in [0.3, 0.4) is 0 Å². The summed E-state index contributed by atoms with van der Waals surface area (Å²) < 4.78 is 1.83. The maximum Gasteiger partial charge on any atom is 0.0693 e. The summed E-state index contributed by atoms with van der Waals surface area (Å²) in [5.41, 5.74) is 8.04. The summed E-state index contributed by atoms with van der Waals surface area (Å²) in [5.74, 6) is 0. The lowest BCUT2D eigenvalue weighted by atomic mass is 10.1. The Bertz CT molecular complexity index is 404. The van der Waals surface area contributed by atoms with E-state index in [1.165, 1.54) is 0 Å². The summed E-state index contributed by atoms with van der Waals surface area (Å²) in [4.78, 5) is 0. The number of hydrogen-bond donors (Lipinski definition) is 1. The second-order valence-corrected chi connectivity index (χ2v) is 3.30. The van der Waals surface area contributed by atoms with Gasteiger partial charge in [0.25, 0.3) is 0 Å². The van der Waals surface area contributed by atoms with Gasteiger partial charge in [-0.2, -0.15) is 5.10 Å². The van der Waals surface area contributed by atoms with E-state index in [0.29, 0.717) is 0 Å². The lowest BCUT2D eigenvalue weighted by molar-refractivity contribution is 0.781. The van der Waals surface area contributed by atoms with Crippen LogP contribution >= 0.6 is 0 Å². The number of nitrogens with zero attached hydrogens (tertiary/aromatic N) is 2. The fourth-order valence-corrected chi connectivity index (χ4v) is 1.49. The molecule has 3 nitrogen and oxygen atoms in total. The van der Waals surface area contributed by atoms with E-state index >= 15 is 0 Å². The molecule has 0 aliphatic carbocycles. The molecule has 0 aliphatic rings. The van der Waals surface area contributed by atoms with Crippen LogP contribution in [0, 0.1) is 0 Å². The van der Waals surface area contributed by atoms with E-state index in [4.69, 9.17) is 5.73 Å². The number of para-hydroxylation sites is 1. The molecule has 0 radical (unpaired) electrons. The molecule has 1 atom stereocenters. The molecule has 0 unspecified atom stereocenters. The molecule has 3 heteroatoms. The van der Waals surface area contributed by atoms with E-state index in [-0.39, 0.29) is 6.04 Å². The molecule has 0 spiro atoms. The smallest absolute Gasteiger partial charge is 0.0693 e. The van der Waals surface area contributed by atoms with Crippen LogP contribution in [0.15, 0.2) is 42.7 Å². The number of hydrogen-bond acceptors (Lipinski definition) is 2. The molecule has 0 bridgehead atoms. The van der Waals surface area contributed by atoms with Gasteiger partial charge in [-0.05, 0) is 24.6 Å². The Labute approximate surface area is 83.2 Å². The Hall–Kier alpha value is -1.61. The quantitative estimate of drug-likeness (QED) is 0.780. The normalized spacial score (nSPS) is 12.7. The highest BCUT2D eigenvalue weighted by Gasteiger charge is 2.06. The summed E-state index contributed by atoms with van der Waals surface area (Å²) in [6.07, 6.45) is 3.68. The average molecular weight is 187 g/mol. The molecule has 0 aliphatic heterocycles. The van der Waals surface area contributed by atoms with E-state index < -0.39 is 0 Å². The van der Waals surface area contributed by atoms with E-state index in [2.05, 4.69) is 5.10 Å². The molecule has 0 amide bonds. The zero-order valence-corrected chi connectivity index (χ0v) is 8.09. The third kappa shape index (κ3) is 1.54. The highest BCUT2D eigenvalue weighted by Crippen LogP contribution is 2.18. The second-order valence-electron chi connectivity index (χ2n) is 3.30. The molecule has 0 saturated carbocycles. The predicted octanol–water partition coefficient (Wildman–Crippen LogP) is 1.89. The maximum atomic E-state index is 5.88. The van der Waals surface area contributed by atoms with Crippen molar-refractivity contribution in [3.8, 4) is 5.69 Å². The molecule has 2 rings (SSSR count). The van der Waals surface area contributed by atoms with Crippen LogP contribution in [-0.4, -0.2) is 9.78 Å². The fraction of sp³-hybridized carbons (Fsp3) is 0.182. The fourth-order valence-electron chi connectivity index (χ4n) is 1.49. The van der Waals surface area contributed by atoms with Crippen LogP contribution in [-0.2, 0) is 0 Å². The van der Waals surface area contributed by atoms with Crippen LogP contribution in [0.5, 0.6) is 0 Å². The largest absolute Gasteiger partial charge is 0.324 e. The molecule has 0 fully saturated rings. The van der Waals surface area contributed by atoms with Crippen molar-refractivity contribution < 1.29 is 0 Å². The Kier molecular flexibility index (Phi) is 2.33. The maximum absolute atomic E-state index is 5.88. The van der Waals surface area contributed by atoms with Crippen LogP contribution < -0.4 is 5.73 Å². The molecule has 72 valence electrons. The van der Waals surface area contributed by atoms with Crippen molar-refractivity contribution >= 4 is 0 Å². The van der Waals surface area contributed by atoms with Gasteiger partial charge in [-0.15, -0.1) is 0 Å². The number of rotatable bonds is 2. The van der Waals surface area contributed by atoms with Gasteiger partial charge in [0, 0.05) is 18.4 Å². The predicted molar refractivity (Wildman–Crippen MR) is 56.2 cm³/mol. The molecule has 2 aromatic rings. The van der Waals surface area contributed by atoms with E-state index in [9.17, 15) is 0 Å². The summed E-state index contributed by atoms with van der Waals surface area (Å²) in [5, 5.41) is 4.19. The molecule has 0 saturated heterocycles.